The molecule has 7 nitrogen and oxygen atoms in total. The number of nitrogens with one attached hydrogen (secondary N) is 1. The van der Waals surface area contributed by atoms with Crippen LogP contribution in [0.5, 0.6) is 5.75 Å². The van der Waals surface area contributed by atoms with Crippen LogP contribution in [0.25, 0.3) is 22.0 Å². The molecule has 1 aromatic heterocycles. The second-order valence-corrected chi connectivity index (χ2v) is 11.6. The van der Waals surface area contributed by atoms with Gasteiger partial charge in [0.2, 0.25) is 0 Å². The van der Waals surface area contributed by atoms with Gasteiger partial charge in [0, 0.05) is 23.8 Å². The van der Waals surface area contributed by atoms with Crippen LogP contribution in [0.15, 0.2) is 70.4 Å². The molecule has 0 aliphatic carbocycles. The average Bonchev–Trinajstić information content (AvgIpc) is 2.92. The van der Waals surface area contributed by atoms with Crippen molar-refractivity contribution < 1.29 is 44.3 Å². The molecule has 0 radical (unpaired) electrons. The normalized spacial score (nSPS) is 13.6. The number of sulfone groups is 1. The number of rotatable bonds is 5. The zero-order chi connectivity index (χ0) is 30.6. The molecule has 3 aromatic carbocycles. The number of hydrogen-bond donors (Lipinski definition) is 1. The fraction of sp³-hybridized carbons (Fsp3) is 0.214. The number of nitrogens with zero attached hydrogens (tertiary/aromatic N) is 1. The molecule has 0 unspecified atom stereocenters. The summed E-state index contributed by atoms with van der Waals surface area (Å²) in [6.07, 6.45) is -9.15. The third-order valence-electron chi connectivity index (χ3n) is 6.72. The Kier molecular flexibility index (Phi) is 7.08. The third kappa shape index (κ3) is 5.45. The van der Waals surface area contributed by atoms with Crippen LogP contribution in [0.1, 0.15) is 27.0 Å². The maximum Gasteiger partial charge on any atom is 0.416 e. The Hall–Kier alpha value is -4.33. The maximum atomic E-state index is 13.7. The summed E-state index contributed by atoms with van der Waals surface area (Å²) >= 11 is 0. The fourth-order valence-corrected chi connectivity index (χ4v) is 5.46. The molecule has 0 bridgehead atoms. The minimum absolute atomic E-state index is 0.0231. The van der Waals surface area contributed by atoms with Crippen LogP contribution in [0, 0.1) is 0 Å². The Morgan fingerprint density at radius 2 is 1.57 bits per heavy atom. The van der Waals surface area contributed by atoms with Crippen molar-refractivity contribution >= 4 is 26.6 Å². The van der Waals surface area contributed by atoms with E-state index in [1.54, 1.807) is 18.2 Å². The second kappa shape index (κ2) is 10.2. The van der Waals surface area contributed by atoms with Gasteiger partial charge in [-0.05, 0) is 47.5 Å². The highest BCUT2D eigenvalue weighted by Gasteiger charge is 2.37. The summed E-state index contributed by atoms with van der Waals surface area (Å²) in [7, 11) is -3.58. The first kappa shape index (κ1) is 29.2. The first-order chi connectivity index (χ1) is 19.6. The molecule has 0 fully saturated rings. The van der Waals surface area contributed by atoms with Gasteiger partial charge in [0.1, 0.15) is 17.9 Å². The van der Waals surface area contributed by atoms with Crippen molar-refractivity contribution in [1.29, 1.82) is 0 Å². The molecule has 0 saturated heterocycles. The summed E-state index contributed by atoms with van der Waals surface area (Å²) < 4.78 is 111. The summed E-state index contributed by atoms with van der Waals surface area (Å²) in [4.78, 5) is 27.2. The summed E-state index contributed by atoms with van der Waals surface area (Å²) in [5.74, 6) is -0.684. The van der Waals surface area contributed by atoms with Gasteiger partial charge >= 0.3 is 12.4 Å². The van der Waals surface area contributed by atoms with E-state index in [0.717, 1.165) is 6.26 Å². The van der Waals surface area contributed by atoms with Gasteiger partial charge in [-0.3, -0.25) is 9.59 Å². The number of aromatic nitrogens is 1. The third-order valence-corrected chi connectivity index (χ3v) is 7.85. The average molecular weight is 611 g/mol. The lowest BCUT2D eigenvalue weighted by molar-refractivity contribution is -0.143. The van der Waals surface area contributed by atoms with Crippen molar-refractivity contribution in [3.05, 3.63) is 93.3 Å². The molecule has 4 aromatic rings. The molecule has 1 aliphatic heterocycles. The maximum absolute atomic E-state index is 13.7. The Morgan fingerprint density at radius 3 is 2.14 bits per heavy atom. The number of benzene rings is 3. The molecule has 0 spiro atoms. The number of halogens is 6. The zero-order valence-corrected chi connectivity index (χ0v) is 22.4. The number of para-hydroxylation sites is 1. The Morgan fingerprint density at radius 1 is 0.952 bits per heavy atom. The molecule has 1 N–H and O–H groups in total. The molecular weight excluding hydrogens is 590 g/mol. The Labute approximate surface area is 234 Å². The number of amides is 1. The SMILES string of the molecule is CS(=O)(=O)c1ccc(-c2c(C(=O)NCc3cc(C(F)(F)F)cc(C(F)(F)F)c3)c(=O)n3c4c(cccc24)OCC3)cc1. The smallest absolute Gasteiger partial charge is 0.416 e. The van der Waals surface area contributed by atoms with Crippen LogP contribution in [-0.4, -0.2) is 31.8 Å². The quantitative estimate of drug-likeness (QED) is 0.304. The number of alkyl halides is 6. The number of carbonyl (C=O) groups is 1. The predicted octanol–water partition coefficient (Wildman–Crippen LogP) is 5.43. The van der Waals surface area contributed by atoms with Gasteiger partial charge in [0.05, 0.1) is 28.1 Å². The van der Waals surface area contributed by atoms with Crippen molar-refractivity contribution in [2.75, 3.05) is 12.9 Å². The van der Waals surface area contributed by atoms with Crippen molar-refractivity contribution in [3.8, 4) is 16.9 Å². The highest BCUT2D eigenvalue weighted by Crippen LogP contribution is 2.38. The first-order valence-electron chi connectivity index (χ1n) is 12.2. The van der Waals surface area contributed by atoms with E-state index in [9.17, 15) is 44.3 Å². The largest absolute Gasteiger partial charge is 0.490 e. The van der Waals surface area contributed by atoms with E-state index in [2.05, 4.69) is 5.32 Å². The van der Waals surface area contributed by atoms with Gasteiger partial charge in [-0.2, -0.15) is 26.3 Å². The molecule has 0 saturated carbocycles. The summed E-state index contributed by atoms with van der Waals surface area (Å²) in [5.41, 5.74) is -4.02. The molecule has 1 aliphatic rings. The second-order valence-electron chi connectivity index (χ2n) is 9.60. The molecule has 220 valence electrons. The van der Waals surface area contributed by atoms with E-state index >= 15 is 0 Å². The lowest BCUT2D eigenvalue weighted by atomic mass is 9.94. The van der Waals surface area contributed by atoms with Crippen molar-refractivity contribution in [2.24, 2.45) is 0 Å². The fourth-order valence-electron chi connectivity index (χ4n) is 4.83. The van der Waals surface area contributed by atoms with E-state index in [0.29, 0.717) is 28.8 Å². The Balaban J connectivity index is 1.64. The van der Waals surface area contributed by atoms with E-state index in [1.165, 1.54) is 28.8 Å². The van der Waals surface area contributed by atoms with Gasteiger partial charge in [-0.1, -0.05) is 24.3 Å². The van der Waals surface area contributed by atoms with Gasteiger partial charge in [-0.15, -0.1) is 0 Å². The van der Waals surface area contributed by atoms with E-state index in [4.69, 9.17) is 4.74 Å². The molecule has 1 amide bonds. The van der Waals surface area contributed by atoms with Crippen LogP contribution in [0.2, 0.25) is 0 Å². The van der Waals surface area contributed by atoms with Gasteiger partial charge in [0.25, 0.3) is 11.5 Å². The minimum Gasteiger partial charge on any atom is -0.490 e. The van der Waals surface area contributed by atoms with Gasteiger partial charge in [0.15, 0.2) is 9.84 Å². The zero-order valence-electron chi connectivity index (χ0n) is 21.6. The molecule has 0 atom stereocenters. The molecular formula is C28H20F6N2O5S. The van der Waals surface area contributed by atoms with Crippen LogP contribution < -0.4 is 15.6 Å². The monoisotopic (exact) mass is 610 g/mol. The van der Waals surface area contributed by atoms with Crippen molar-refractivity contribution in [2.45, 2.75) is 30.3 Å². The number of ether oxygens (including phenoxy) is 1. The van der Waals surface area contributed by atoms with Crippen molar-refractivity contribution in [3.63, 3.8) is 0 Å². The first-order valence-corrected chi connectivity index (χ1v) is 14.1. The summed E-state index contributed by atoms with van der Waals surface area (Å²) in [6.45, 7) is -0.568. The van der Waals surface area contributed by atoms with Crippen LogP contribution in [0.4, 0.5) is 26.3 Å². The highest BCUT2D eigenvalue weighted by atomic mass is 32.2. The lowest BCUT2D eigenvalue weighted by Crippen LogP contribution is -2.36. The van der Waals surface area contributed by atoms with Gasteiger partial charge < -0.3 is 14.6 Å². The molecule has 2 heterocycles. The van der Waals surface area contributed by atoms with E-state index in [-0.39, 0.29) is 35.2 Å². The molecule has 14 heteroatoms. The van der Waals surface area contributed by atoms with E-state index in [1.807, 2.05) is 0 Å². The molecule has 42 heavy (non-hydrogen) atoms. The van der Waals surface area contributed by atoms with Crippen LogP contribution in [0.3, 0.4) is 0 Å². The van der Waals surface area contributed by atoms with E-state index < -0.39 is 62.5 Å². The number of pyridine rings is 1. The number of carbonyl (C=O) groups excluding carboxylic acids is 1. The topological polar surface area (TPSA) is 94.5 Å². The highest BCUT2D eigenvalue weighted by molar-refractivity contribution is 7.90. The lowest BCUT2D eigenvalue weighted by Gasteiger charge is -2.23. The summed E-state index contributed by atoms with van der Waals surface area (Å²) in [5, 5.41) is 2.68. The van der Waals surface area contributed by atoms with Gasteiger partial charge in [-0.25, -0.2) is 8.42 Å². The number of hydrogen-bond acceptors (Lipinski definition) is 5. The molecule has 5 rings (SSSR count). The van der Waals surface area contributed by atoms with Crippen LogP contribution >= 0.6 is 0 Å². The van der Waals surface area contributed by atoms with Crippen LogP contribution in [-0.2, 0) is 35.3 Å². The van der Waals surface area contributed by atoms with Crippen molar-refractivity contribution in [1.82, 2.24) is 9.88 Å². The summed E-state index contributed by atoms with van der Waals surface area (Å²) in [6, 6.07) is 11.2. The Bertz CT molecular complexity index is 1860. The predicted molar refractivity (Wildman–Crippen MR) is 140 cm³/mol. The standard InChI is InChI=1S/C28H20F6N2O5S/c1-42(39,40)19-7-5-16(6-8-19)22-20-3-2-4-21-24(20)36(9-10-41-21)26(38)23(22)25(37)35-14-15-11-17(27(29,30)31)13-18(12-15)28(32,33)34/h2-8,11-13H,9-10,14H2,1H3,(H,35,37). The minimum atomic E-state index is -5.08.